The molecule has 0 aliphatic carbocycles. The van der Waals surface area contributed by atoms with Gasteiger partial charge in [0.15, 0.2) is 0 Å². The molecular weight excluding hydrogens is 360 g/mol. The second-order valence-electron chi connectivity index (χ2n) is 5.48. The molecule has 0 bridgehead atoms. The Morgan fingerprint density at radius 3 is 2.12 bits per heavy atom. The minimum absolute atomic E-state index is 0.0238. The zero-order chi connectivity index (χ0) is 18.1. The molecule has 10 heteroatoms. The number of thioether (sulfide) groups is 1. The molecule has 2 atom stereocenters. The van der Waals surface area contributed by atoms with Gasteiger partial charge in [0.25, 0.3) is 0 Å². The highest BCUT2D eigenvalue weighted by atomic mass is 32.2. The first-order valence-electron chi connectivity index (χ1n) is 6.82. The van der Waals surface area contributed by atoms with Gasteiger partial charge in [-0.3, -0.25) is 9.69 Å². The van der Waals surface area contributed by atoms with Crippen molar-refractivity contribution in [1.82, 2.24) is 4.90 Å². The van der Waals surface area contributed by atoms with Gasteiger partial charge < -0.3 is 5.11 Å². The third-order valence-electron chi connectivity index (χ3n) is 3.70. The quantitative estimate of drug-likeness (QED) is 0.640. The van der Waals surface area contributed by atoms with Crippen LogP contribution in [0, 0.1) is 11.8 Å². The van der Waals surface area contributed by atoms with E-state index in [1.165, 1.54) is 29.2 Å². The van der Waals surface area contributed by atoms with Gasteiger partial charge in [-0.25, -0.2) is 0 Å². The zero-order valence-electron chi connectivity index (χ0n) is 12.1. The van der Waals surface area contributed by atoms with Crippen molar-refractivity contribution in [1.29, 1.82) is 0 Å². The number of aliphatic carboxylic acids is 1. The van der Waals surface area contributed by atoms with Crippen LogP contribution in [-0.4, -0.2) is 40.7 Å². The molecule has 0 amide bonds. The molecule has 1 saturated heterocycles. The standard InChI is InChI=1S/C14H13F6NO2S/c15-13(16,17)11-7-21(6-10(11)12(22)23)5-8-1-3-9(4-2-8)24-14(18,19)20/h1-4,10-11H,5-7H2,(H,22,23)/t10-,11-/m1/s1. The van der Waals surface area contributed by atoms with Crippen LogP contribution in [0.25, 0.3) is 0 Å². The van der Waals surface area contributed by atoms with Crippen LogP contribution in [0.5, 0.6) is 0 Å². The van der Waals surface area contributed by atoms with Gasteiger partial charge in [-0.15, -0.1) is 0 Å². The van der Waals surface area contributed by atoms with E-state index in [0.717, 1.165) is 0 Å². The van der Waals surface area contributed by atoms with Crippen molar-refractivity contribution in [3.63, 3.8) is 0 Å². The number of alkyl halides is 6. The van der Waals surface area contributed by atoms with Crippen molar-refractivity contribution in [2.45, 2.75) is 23.1 Å². The topological polar surface area (TPSA) is 40.5 Å². The van der Waals surface area contributed by atoms with E-state index >= 15 is 0 Å². The minimum Gasteiger partial charge on any atom is -0.481 e. The molecule has 1 aliphatic heterocycles. The van der Waals surface area contributed by atoms with E-state index < -0.39 is 36.0 Å². The molecule has 1 aromatic carbocycles. The molecule has 2 rings (SSSR count). The minimum atomic E-state index is -4.61. The van der Waals surface area contributed by atoms with Crippen molar-refractivity contribution in [3.8, 4) is 0 Å². The Kier molecular flexibility index (Phi) is 5.38. The summed E-state index contributed by atoms with van der Waals surface area (Å²) in [5.74, 6) is -4.99. The number of benzene rings is 1. The first kappa shape index (κ1) is 18.9. The number of rotatable bonds is 4. The molecule has 134 valence electrons. The second-order valence-corrected chi connectivity index (χ2v) is 6.62. The lowest BCUT2D eigenvalue weighted by atomic mass is 9.96. The maximum atomic E-state index is 12.9. The molecule has 1 aromatic rings. The molecule has 0 unspecified atom stereocenters. The van der Waals surface area contributed by atoms with Crippen LogP contribution >= 0.6 is 11.8 Å². The van der Waals surface area contributed by atoms with Crippen molar-refractivity contribution < 1.29 is 36.2 Å². The maximum absolute atomic E-state index is 12.9. The van der Waals surface area contributed by atoms with E-state index in [1.54, 1.807) is 0 Å². The average molecular weight is 373 g/mol. The van der Waals surface area contributed by atoms with Crippen molar-refractivity contribution in [3.05, 3.63) is 29.8 Å². The maximum Gasteiger partial charge on any atom is 0.446 e. The van der Waals surface area contributed by atoms with E-state index in [0.29, 0.717) is 5.56 Å². The molecule has 24 heavy (non-hydrogen) atoms. The van der Waals surface area contributed by atoms with Crippen molar-refractivity contribution in [2.24, 2.45) is 11.8 Å². The molecule has 1 heterocycles. The lowest BCUT2D eigenvalue weighted by Gasteiger charge is -2.18. The van der Waals surface area contributed by atoms with Gasteiger partial charge in [-0.2, -0.15) is 26.3 Å². The predicted octanol–water partition coefficient (Wildman–Crippen LogP) is 3.99. The summed E-state index contributed by atoms with van der Waals surface area (Å²) in [5, 5.41) is 8.94. The highest BCUT2D eigenvalue weighted by Crippen LogP contribution is 2.39. The van der Waals surface area contributed by atoms with Gasteiger partial charge in [-0.1, -0.05) is 12.1 Å². The third kappa shape index (κ3) is 5.04. The van der Waals surface area contributed by atoms with Crippen LogP contribution in [0.4, 0.5) is 26.3 Å². The zero-order valence-corrected chi connectivity index (χ0v) is 12.9. The van der Waals surface area contributed by atoms with E-state index in [-0.39, 0.29) is 29.7 Å². The van der Waals surface area contributed by atoms with Gasteiger partial charge in [0.05, 0.1) is 11.8 Å². The molecule has 1 fully saturated rings. The van der Waals surface area contributed by atoms with Gasteiger partial charge in [-0.05, 0) is 29.5 Å². The van der Waals surface area contributed by atoms with Crippen LogP contribution in [0.15, 0.2) is 29.2 Å². The lowest BCUT2D eigenvalue weighted by molar-refractivity contribution is -0.188. The molecule has 1 aliphatic rings. The van der Waals surface area contributed by atoms with Crippen LogP contribution < -0.4 is 0 Å². The largest absolute Gasteiger partial charge is 0.481 e. The van der Waals surface area contributed by atoms with E-state index in [9.17, 15) is 31.1 Å². The molecule has 0 aromatic heterocycles. The van der Waals surface area contributed by atoms with E-state index in [4.69, 9.17) is 5.11 Å². The van der Waals surface area contributed by atoms with Gasteiger partial charge in [0.2, 0.25) is 0 Å². The summed E-state index contributed by atoms with van der Waals surface area (Å²) >= 11 is -0.280. The Balaban J connectivity index is 2.02. The summed E-state index contributed by atoms with van der Waals surface area (Å²) in [7, 11) is 0. The lowest BCUT2D eigenvalue weighted by Crippen LogP contribution is -2.33. The number of carboxylic acids is 1. The Bertz CT molecular complexity index is 586. The Hall–Kier alpha value is -1.42. The number of halogens is 6. The fraction of sp³-hybridized carbons (Fsp3) is 0.500. The number of nitrogens with zero attached hydrogens (tertiary/aromatic N) is 1. The third-order valence-corrected chi connectivity index (χ3v) is 4.44. The normalized spacial score (nSPS) is 22.8. The molecule has 0 radical (unpaired) electrons. The molecule has 1 N–H and O–H groups in total. The Morgan fingerprint density at radius 1 is 1.12 bits per heavy atom. The Labute approximate surface area is 137 Å². The van der Waals surface area contributed by atoms with Crippen LogP contribution in [-0.2, 0) is 11.3 Å². The highest BCUT2D eigenvalue weighted by Gasteiger charge is 2.52. The molecular formula is C14H13F6NO2S. The van der Waals surface area contributed by atoms with Crippen LogP contribution in [0.2, 0.25) is 0 Å². The predicted molar refractivity (Wildman–Crippen MR) is 74.3 cm³/mol. The fourth-order valence-corrected chi connectivity index (χ4v) is 3.19. The van der Waals surface area contributed by atoms with Gasteiger partial charge in [0, 0.05) is 24.5 Å². The first-order chi connectivity index (χ1) is 11.0. The SMILES string of the molecule is O=C(O)[C@@H]1CN(Cc2ccc(SC(F)(F)F)cc2)C[C@H]1C(F)(F)F. The molecule has 3 nitrogen and oxygen atoms in total. The molecule has 0 saturated carbocycles. The number of hydrogen-bond donors (Lipinski definition) is 1. The van der Waals surface area contributed by atoms with E-state index in [1.807, 2.05) is 0 Å². The number of likely N-dealkylation sites (tertiary alicyclic amines) is 1. The van der Waals surface area contributed by atoms with Crippen molar-refractivity contribution in [2.75, 3.05) is 13.1 Å². The number of carbonyl (C=O) groups is 1. The van der Waals surface area contributed by atoms with Crippen LogP contribution in [0.1, 0.15) is 5.56 Å². The summed E-state index contributed by atoms with van der Waals surface area (Å²) in [6, 6.07) is 5.26. The molecule has 0 spiro atoms. The Morgan fingerprint density at radius 2 is 1.71 bits per heavy atom. The number of carboxylic acid groups (broad SMARTS) is 1. The highest BCUT2D eigenvalue weighted by molar-refractivity contribution is 8.00. The summed E-state index contributed by atoms with van der Waals surface area (Å²) in [6.07, 6.45) is -4.61. The van der Waals surface area contributed by atoms with Gasteiger partial charge >= 0.3 is 17.7 Å². The van der Waals surface area contributed by atoms with Crippen molar-refractivity contribution >= 4 is 17.7 Å². The first-order valence-corrected chi connectivity index (χ1v) is 7.64. The fourth-order valence-electron chi connectivity index (χ4n) is 2.65. The summed E-state index contributed by atoms with van der Waals surface area (Å²) in [6.45, 7) is -0.647. The number of hydrogen-bond acceptors (Lipinski definition) is 3. The summed E-state index contributed by atoms with van der Waals surface area (Å²) in [4.78, 5) is 12.3. The van der Waals surface area contributed by atoms with E-state index in [2.05, 4.69) is 0 Å². The summed E-state index contributed by atoms with van der Waals surface area (Å²) in [5.41, 5.74) is -3.89. The monoisotopic (exact) mass is 373 g/mol. The van der Waals surface area contributed by atoms with Crippen LogP contribution in [0.3, 0.4) is 0 Å². The van der Waals surface area contributed by atoms with Gasteiger partial charge in [0.1, 0.15) is 0 Å². The second kappa shape index (κ2) is 6.83. The summed E-state index contributed by atoms with van der Waals surface area (Å²) < 4.78 is 75.4. The smallest absolute Gasteiger partial charge is 0.446 e. The average Bonchev–Trinajstić information content (AvgIpc) is 2.83.